The molecule has 0 aromatic heterocycles. The first-order valence-electron chi connectivity index (χ1n) is 10.6. The van der Waals surface area contributed by atoms with Gasteiger partial charge in [0.15, 0.2) is 0 Å². The van der Waals surface area contributed by atoms with Crippen molar-refractivity contribution in [1.29, 1.82) is 0 Å². The quantitative estimate of drug-likeness (QED) is 0.674. The molecule has 0 radical (unpaired) electrons. The molecule has 1 atom stereocenters. The van der Waals surface area contributed by atoms with Gasteiger partial charge in [-0.1, -0.05) is 30.7 Å². The summed E-state index contributed by atoms with van der Waals surface area (Å²) in [6.07, 6.45) is 4.85. The Morgan fingerprint density at radius 2 is 1.61 bits per heavy atom. The summed E-state index contributed by atoms with van der Waals surface area (Å²) in [5, 5.41) is 2.80. The Kier molecular flexibility index (Phi) is 7.67. The third-order valence-electron chi connectivity index (χ3n) is 5.51. The summed E-state index contributed by atoms with van der Waals surface area (Å²) in [6.45, 7) is 5.03. The number of sulfonamides is 1. The van der Waals surface area contributed by atoms with Gasteiger partial charge in [0.1, 0.15) is 11.9 Å². The number of piperidine rings is 1. The highest BCUT2D eigenvalue weighted by atomic mass is 32.2. The number of likely N-dealkylation sites (tertiary alicyclic amines) is 1. The Balaban J connectivity index is 1.60. The maximum Gasteiger partial charge on any atom is 0.243 e. The van der Waals surface area contributed by atoms with Crippen LogP contribution < -0.4 is 9.62 Å². The van der Waals surface area contributed by atoms with Crippen LogP contribution in [0, 0.1) is 5.82 Å². The predicted octanol–water partition coefficient (Wildman–Crippen LogP) is 3.28. The van der Waals surface area contributed by atoms with Crippen molar-refractivity contribution < 1.29 is 17.6 Å². The molecule has 6 nitrogen and oxygen atoms in total. The molecule has 1 N–H and O–H groups in total. The zero-order valence-electron chi connectivity index (χ0n) is 18.1. The molecule has 31 heavy (non-hydrogen) atoms. The van der Waals surface area contributed by atoms with Gasteiger partial charge >= 0.3 is 0 Å². The van der Waals surface area contributed by atoms with E-state index >= 15 is 0 Å². The van der Waals surface area contributed by atoms with Gasteiger partial charge in [-0.25, -0.2) is 12.8 Å². The number of amides is 1. The second-order valence-electron chi connectivity index (χ2n) is 8.08. The van der Waals surface area contributed by atoms with Crippen LogP contribution in [-0.4, -0.2) is 44.6 Å². The van der Waals surface area contributed by atoms with E-state index in [2.05, 4.69) is 22.3 Å². The molecule has 1 saturated heterocycles. The number of hydrogen-bond acceptors (Lipinski definition) is 4. The van der Waals surface area contributed by atoms with Gasteiger partial charge < -0.3 is 5.32 Å². The van der Waals surface area contributed by atoms with Gasteiger partial charge in [-0.05, 0) is 68.2 Å². The van der Waals surface area contributed by atoms with Crippen LogP contribution in [0.4, 0.5) is 10.1 Å². The van der Waals surface area contributed by atoms with E-state index in [4.69, 9.17) is 0 Å². The Morgan fingerprint density at radius 3 is 2.19 bits per heavy atom. The SMILES string of the molecule is C[C@@H](C(=O)NCc1ccc(CN2CCCCC2)cc1)N(c1ccc(F)cc1)S(C)(=O)=O. The van der Waals surface area contributed by atoms with Crippen molar-refractivity contribution in [2.45, 2.75) is 45.3 Å². The molecule has 168 valence electrons. The topological polar surface area (TPSA) is 69.7 Å². The fourth-order valence-electron chi connectivity index (χ4n) is 3.87. The minimum absolute atomic E-state index is 0.244. The third-order valence-corrected chi connectivity index (χ3v) is 6.76. The van der Waals surface area contributed by atoms with Crippen molar-refractivity contribution in [3.05, 3.63) is 65.5 Å². The molecule has 1 fully saturated rings. The van der Waals surface area contributed by atoms with E-state index in [1.54, 1.807) is 0 Å². The average molecular weight is 448 g/mol. The van der Waals surface area contributed by atoms with Crippen molar-refractivity contribution in [1.82, 2.24) is 10.2 Å². The van der Waals surface area contributed by atoms with E-state index in [1.807, 2.05) is 12.1 Å². The summed E-state index contributed by atoms with van der Waals surface area (Å²) in [7, 11) is -3.73. The number of nitrogens with zero attached hydrogens (tertiary/aromatic N) is 2. The number of carbonyl (C=O) groups excluding carboxylic acids is 1. The lowest BCUT2D eigenvalue weighted by Gasteiger charge is -2.28. The minimum atomic E-state index is -3.73. The Labute approximate surface area is 184 Å². The summed E-state index contributed by atoms with van der Waals surface area (Å²) >= 11 is 0. The second kappa shape index (κ2) is 10.2. The van der Waals surface area contributed by atoms with Crippen LogP contribution in [0.25, 0.3) is 0 Å². The normalized spacial score (nSPS) is 16.0. The zero-order valence-corrected chi connectivity index (χ0v) is 18.9. The van der Waals surface area contributed by atoms with E-state index in [9.17, 15) is 17.6 Å². The van der Waals surface area contributed by atoms with E-state index in [0.717, 1.165) is 35.8 Å². The maximum absolute atomic E-state index is 13.2. The lowest BCUT2D eigenvalue weighted by molar-refractivity contribution is -0.122. The maximum atomic E-state index is 13.2. The molecule has 0 saturated carbocycles. The standard InChI is InChI=1S/C23H30FN3O3S/c1-18(27(31(2,29)30)22-12-10-21(24)11-13-22)23(28)25-16-19-6-8-20(9-7-19)17-26-14-4-3-5-15-26/h6-13,18H,3-5,14-17H2,1-2H3,(H,25,28)/t18-/m0/s1. The van der Waals surface area contributed by atoms with Crippen molar-refractivity contribution in [2.24, 2.45) is 0 Å². The Bertz CT molecular complexity index is 972. The molecule has 0 bridgehead atoms. The molecular weight excluding hydrogens is 417 g/mol. The van der Waals surface area contributed by atoms with E-state index in [1.165, 1.54) is 56.0 Å². The van der Waals surface area contributed by atoms with Crippen LogP contribution in [0.3, 0.4) is 0 Å². The molecule has 0 unspecified atom stereocenters. The van der Waals surface area contributed by atoms with Crippen LogP contribution in [0.5, 0.6) is 0 Å². The zero-order chi connectivity index (χ0) is 22.4. The van der Waals surface area contributed by atoms with Crippen LogP contribution in [0.1, 0.15) is 37.3 Å². The number of halogens is 1. The number of benzene rings is 2. The number of anilines is 1. The molecule has 3 rings (SSSR count). The monoisotopic (exact) mass is 447 g/mol. The summed E-state index contributed by atoms with van der Waals surface area (Å²) in [4.78, 5) is 15.1. The van der Waals surface area contributed by atoms with Crippen molar-refractivity contribution in [3.63, 3.8) is 0 Å². The summed E-state index contributed by atoms with van der Waals surface area (Å²) in [5.74, 6) is -0.898. The number of hydrogen-bond donors (Lipinski definition) is 1. The van der Waals surface area contributed by atoms with Crippen LogP contribution in [-0.2, 0) is 27.9 Å². The lowest BCUT2D eigenvalue weighted by Crippen LogP contribution is -2.47. The molecule has 0 spiro atoms. The minimum Gasteiger partial charge on any atom is -0.350 e. The number of carbonyl (C=O) groups is 1. The summed E-state index contributed by atoms with van der Waals surface area (Å²) in [5.41, 5.74) is 2.43. The summed E-state index contributed by atoms with van der Waals surface area (Å²) < 4.78 is 38.8. The van der Waals surface area contributed by atoms with Crippen LogP contribution >= 0.6 is 0 Å². The predicted molar refractivity (Wildman–Crippen MR) is 121 cm³/mol. The molecule has 8 heteroatoms. The first-order chi connectivity index (χ1) is 14.7. The van der Waals surface area contributed by atoms with Gasteiger partial charge in [0.25, 0.3) is 0 Å². The molecule has 1 amide bonds. The van der Waals surface area contributed by atoms with E-state index in [-0.39, 0.29) is 5.69 Å². The Hall–Kier alpha value is -2.45. The number of nitrogens with one attached hydrogen (secondary N) is 1. The lowest BCUT2D eigenvalue weighted by atomic mass is 10.1. The van der Waals surface area contributed by atoms with E-state index < -0.39 is 27.8 Å². The number of rotatable bonds is 8. The molecule has 1 aliphatic heterocycles. The highest BCUT2D eigenvalue weighted by molar-refractivity contribution is 7.92. The molecule has 0 aliphatic carbocycles. The second-order valence-corrected chi connectivity index (χ2v) is 9.94. The van der Waals surface area contributed by atoms with Crippen molar-refractivity contribution in [2.75, 3.05) is 23.7 Å². The Morgan fingerprint density at radius 1 is 1.03 bits per heavy atom. The molecule has 2 aromatic carbocycles. The van der Waals surface area contributed by atoms with Gasteiger partial charge in [0.2, 0.25) is 15.9 Å². The largest absolute Gasteiger partial charge is 0.350 e. The molecular formula is C23H30FN3O3S. The molecule has 1 heterocycles. The fourth-order valence-corrected chi connectivity index (χ4v) is 5.05. The van der Waals surface area contributed by atoms with Gasteiger partial charge in [-0.2, -0.15) is 0 Å². The van der Waals surface area contributed by atoms with Crippen LogP contribution in [0.15, 0.2) is 48.5 Å². The summed E-state index contributed by atoms with van der Waals surface area (Å²) in [6, 6.07) is 12.2. The molecule has 1 aliphatic rings. The first kappa shape index (κ1) is 23.2. The fraction of sp³-hybridized carbons (Fsp3) is 0.435. The van der Waals surface area contributed by atoms with Gasteiger partial charge in [-0.15, -0.1) is 0 Å². The smallest absolute Gasteiger partial charge is 0.243 e. The van der Waals surface area contributed by atoms with E-state index in [0.29, 0.717) is 6.54 Å². The highest BCUT2D eigenvalue weighted by Gasteiger charge is 2.29. The highest BCUT2D eigenvalue weighted by Crippen LogP contribution is 2.21. The van der Waals surface area contributed by atoms with Gasteiger partial charge in [0.05, 0.1) is 11.9 Å². The van der Waals surface area contributed by atoms with Gasteiger partial charge in [0, 0.05) is 13.1 Å². The van der Waals surface area contributed by atoms with Gasteiger partial charge in [-0.3, -0.25) is 14.0 Å². The van der Waals surface area contributed by atoms with Crippen molar-refractivity contribution >= 4 is 21.6 Å². The molecule has 2 aromatic rings. The van der Waals surface area contributed by atoms with Crippen molar-refractivity contribution in [3.8, 4) is 0 Å². The average Bonchev–Trinajstić information content (AvgIpc) is 2.74. The first-order valence-corrected chi connectivity index (χ1v) is 12.4. The third kappa shape index (κ3) is 6.51. The van der Waals surface area contributed by atoms with Crippen LogP contribution in [0.2, 0.25) is 0 Å².